The molecule has 0 N–H and O–H groups in total. The predicted molar refractivity (Wildman–Crippen MR) is 89.9 cm³/mol. The zero-order chi connectivity index (χ0) is 17.8. The van der Waals surface area contributed by atoms with Crippen LogP contribution in [0.5, 0.6) is 0 Å². The van der Waals surface area contributed by atoms with Crippen LogP contribution in [0.25, 0.3) is 0 Å². The van der Waals surface area contributed by atoms with Gasteiger partial charge in [0.15, 0.2) is 5.41 Å². The average Bonchev–Trinajstić information content (AvgIpc) is 2.54. The summed E-state index contributed by atoms with van der Waals surface area (Å²) in [5.74, 6) is -0.454. The number of esters is 1. The zero-order valence-corrected chi connectivity index (χ0v) is 14.5. The highest BCUT2D eigenvalue weighted by Crippen LogP contribution is 2.34. The SMILES string of the molecule is CC(C)(C)OC(=O)C1(C#N)CCN(C(=O)Cc2ccccc2)CC1. The number of rotatable bonds is 3. The molecule has 0 bridgehead atoms. The van der Waals surface area contributed by atoms with E-state index in [1.807, 2.05) is 30.3 Å². The van der Waals surface area contributed by atoms with Crippen LogP contribution in [-0.2, 0) is 20.7 Å². The number of nitriles is 1. The summed E-state index contributed by atoms with van der Waals surface area (Å²) in [5, 5.41) is 9.51. The Hall–Kier alpha value is -2.35. The lowest BCUT2D eigenvalue weighted by molar-refractivity contribution is -0.167. The summed E-state index contributed by atoms with van der Waals surface area (Å²) in [6.45, 7) is 6.16. The van der Waals surface area contributed by atoms with Crippen LogP contribution in [0.1, 0.15) is 39.2 Å². The van der Waals surface area contributed by atoms with E-state index >= 15 is 0 Å². The van der Waals surface area contributed by atoms with Crippen LogP contribution in [0.15, 0.2) is 30.3 Å². The molecule has 1 aromatic carbocycles. The van der Waals surface area contributed by atoms with Crippen LogP contribution in [0, 0.1) is 16.7 Å². The van der Waals surface area contributed by atoms with E-state index in [4.69, 9.17) is 4.74 Å². The van der Waals surface area contributed by atoms with Crippen LogP contribution >= 0.6 is 0 Å². The van der Waals surface area contributed by atoms with Crippen molar-refractivity contribution < 1.29 is 14.3 Å². The molecule has 24 heavy (non-hydrogen) atoms. The van der Waals surface area contributed by atoms with Crippen molar-refractivity contribution in [3.63, 3.8) is 0 Å². The van der Waals surface area contributed by atoms with Crippen LogP contribution in [0.2, 0.25) is 0 Å². The molecule has 1 fully saturated rings. The molecule has 1 aliphatic rings. The summed E-state index contributed by atoms with van der Waals surface area (Å²) < 4.78 is 5.40. The topological polar surface area (TPSA) is 70.4 Å². The molecule has 0 unspecified atom stereocenters. The van der Waals surface area contributed by atoms with E-state index in [1.54, 1.807) is 25.7 Å². The normalized spacial score (nSPS) is 17.0. The number of piperidine rings is 1. The quantitative estimate of drug-likeness (QED) is 0.800. The van der Waals surface area contributed by atoms with Crippen molar-refractivity contribution in [2.45, 2.75) is 45.6 Å². The highest BCUT2D eigenvalue weighted by molar-refractivity contribution is 5.82. The summed E-state index contributed by atoms with van der Waals surface area (Å²) >= 11 is 0. The lowest BCUT2D eigenvalue weighted by atomic mass is 9.79. The Kier molecular flexibility index (Phi) is 5.28. The summed E-state index contributed by atoms with van der Waals surface area (Å²) in [5.41, 5.74) is -0.801. The molecule has 0 aromatic heterocycles. The predicted octanol–water partition coefficient (Wildman–Crippen LogP) is 2.70. The molecule has 0 saturated carbocycles. The molecule has 1 saturated heterocycles. The van der Waals surface area contributed by atoms with Crippen molar-refractivity contribution in [1.82, 2.24) is 4.90 Å². The molecule has 0 aliphatic carbocycles. The maximum atomic E-state index is 12.4. The zero-order valence-electron chi connectivity index (χ0n) is 14.5. The van der Waals surface area contributed by atoms with Gasteiger partial charge in [0.25, 0.3) is 0 Å². The Morgan fingerprint density at radius 3 is 2.29 bits per heavy atom. The molecule has 0 spiro atoms. The third-order valence-corrected chi connectivity index (χ3v) is 4.17. The van der Waals surface area contributed by atoms with Gasteiger partial charge in [0.1, 0.15) is 5.60 Å². The fraction of sp³-hybridized carbons (Fsp3) is 0.526. The number of amides is 1. The minimum Gasteiger partial charge on any atom is -0.459 e. The Morgan fingerprint density at radius 1 is 1.21 bits per heavy atom. The van der Waals surface area contributed by atoms with Gasteiger partial charge in [0, 0.05) is 13.1 Å². The van der Waals surface area contributed by atoms with Gasteiger partial charge >= 0.3 is 5.97 Å². The van der Waals surface area contributed by atoms with Gasteiger partial charge in [-0.2, -0.15) is 5.26 Å². The van der Waals surface area contributed by atoms with Crippen molar-refractivity contribution in [1.29, 1.82) is 5.26 Å². The molecule has 5 nitrogen and oxygen atoms in total. The monoisotopic (exact) mass is 328 g/mol. The van der Waals surface area contributed by atoms with E-state index in [0.717, 1.165) is 5.56 Å². The van der Waals surface area contributed by atoms with Crippen molar-refractivity contribution in [2.75, 3.05) is 13.1 Å². The first kappa shape index (κ1) is 18.0. The van der Waals surface area contributed by atoms with E-state index in [-0.39, 0.29) is 5.91 Å². The number of nitrogens with zero attached hydrogens (tertiary/aromatic N) is 2. The molecule has 0 atom stereocenters. The van der Waals surface area contributed by atoms with Crippen molar-refractivity contribution >= 4 is 11.9 Å². The van der Waals surface area contributed by atoms with Crippen LogP contribution in [0.4, 0.5) is 0 Å². The third kappa shape index (κ3) is 4.35. The van der Waals surface area contributed by atoms with Gasteiger partial charge in [0.2, 0.25) is 5.91 Å². The van der Waals surface area contributed by atoms with Gasteiger partial charge in [-0.25, -0.2) is 0 Å². The second-order valence-corrected chi connectivity index (χ2v) is 7.24. The van der Waals surface area contributed by atoms with Crippen LogP contribution < -0.4 is 0 Å². The van der Waals surface area contributed by atoms with E-state index in [0.29, 0.717) is 32.4 Å². The second kappa shape index (κ2) is 7.04. The standard InChI is InChI=1S/C19H24N2O3/c1-18(2,3)24-17(23)19(14-20)9-11-21(12-10-19)16(22)13-15-7-5-4-6-8-15/h4-8H,9-13H2,1-3H3. The smallest absolute Gasteiger partial charge is 0.327 e. The maximum absolute atomic E-state index is 12.4. The van der Waals surface area contributed by atoms with Gasteiger partial charge in [-0.3, -0.25) is 9.59 Å². The number of carbonyl (C=O) groups is 2. The van der Waals surface area contributed by atoms with E-state index in [9.17, 15) is 14.9 Å². The Bertz CT molecular complexity index is 633. The molecule has 1 amide bonds. The Labute approximate surface area is 143 Å². The van der Waals surface area contributed by atoms with Crippen molar-refractivity contribution in [3.8, 4) is 6.07 Å². The molecule has 128 valence electrons. The Balaban J connectivity index is 1.97. The largest absolute Gasteiger partial charge is 0.459 e. The van der Waals surface area contributed by atoms with E-state index < -0.39 is 17.0 Å². The lowest BCUT2D eigenvalue weighted by Crippen LogP contribution is -2.48. The van der Waals surface area contributed by atoms with Gasteiger partial charge in [-0.15, -0.1) is 0 Å². The highest BCUT2D eigenvalue weighted by Gasteiger charge is 2.45. The van der Waals surface area contributed by atoms with Crippen LogP contribution in [0.3, 0.4) is 0 Å². The molecule has 1 heterocycles. The highest BCUT2D eigenvalue weighted by atomic mass is 16.6. The first-order valence-corrected chi connectivity index (χ1v) is 8.22. The fourth-order valence-electron chi connectivity index (χ4n) is 2.76. The summed E-state index contributed by atoms with van der Waals surface area (Å²) in [6.07, 6.45) is 0.977. The molecular formula is C19H24N2O3. The molecule has 0 radical (unpaired) electrons. The number of benzene rings is 1. The molecule has 1 aliphatic heterocycles. The lowest BCUT2D eigenvalue weighted by Gasteiger charge is -2.37. The number of hydrogen-bond donors (Lipinski definition) is 0. The van der Waals surface area contributed by atoms with Crippen molar-refractivity contribution in [3.05, 3.63) is 35.9 Å². The van der Waals surface area contributed by atoms with Gasteiger partial charge in [-0.1, -0.05) is 30.3 Å². The minimum atomic E-state index is -1.14. The number of hydrogen-bond acceptors (Lipinski definition) is 4. The van der Waals surface area contributed by atoms with E-state index in [2.05, 4.69) is 6.07 Å². The average molecular weight is 328 g/mol. The second-order valence-electron chi connectivity index (χ2n) is 7.24. The first-order chi connectivity index (χ1) is 11.3. The number of ether oxygens (including phenoxy) is 1. The number of carbonyl (C=O) groups excluding carboxylic acids is 2. The summed E-state index contributed by atoms with van der Waals surface area (Å²) in [6, 6.07) is 11.7. The van der Waals surface area contributed by atoms with Gasteiger partial charge in [0.05, 0.1) is 12.5 Å². The molecule has 5 heteroatoms. The molecule has 2 rings (SSSR count). The first-order valence-electron chi connectivity index (χ1n) is 8.22. The third-order valence-electron chi connectivity index (χ3n) is 4.17. The number of likely N-dealkylation sites (tertiary alicyclic amines) is 1. The van der Waals surface area contributed by atoms with Crippen molar-refractivity contribution in [2.24, 2.45) is 5.41 Å². The van der Waals surface area contributed by atoms with Gasteiger partial charge in [-0.05, 0) is 39.2 Å². The molecule has 1 aromatic rings. The molecular weight excluding hydrogens is 304 g/mol. The minimum absolute atomic E-state index is 0.0249. The fourth-order valence-corrected chi connectivity index (χ4v) is 2.76. The summed E-state index contributed by atoms with van der Waals surface area (Å²) in [4.78, 5) is 26.5. The maximum Gasteiger partial charge on any atom is 0.327 e. The summed E-state index contributed by atoms with van der Waals surface area (Å²) in [7, 11) is 0. The Morgan fingerprint density at radius 2 is 1.79 bits per heavy atom. The van der Waals surface area contributed by atoms with E-state index in [1.165, 1.54) is 0 Å². The van der Waals surface area contributed by atoms with Gasteiger partial charge < -0.3 is 9.64 Å². The van der Waals surface area contributed by atoms with Crippen LogP contribution in [-0.4, -0.2) is 35.5 Å².